The minimum atomic E-state index is 0.238. The van der Waals surface area contributed by atoms with Gasteiger partial charge in [0.15, 0.2) is 0 Å². The number of allylic oxidation sites excluding steroid dienone is 8. The molecule has 0 heteroatoms. The second-order valence-corrected chi connectivity index (χ2v) is 5.48. The summed E-state index contributed by atoms with van der Waals surface area (Å²) in [6, 6.07) is 0. The van der Waals surface area contributed by atoms with E-state index in [2.05, 4.69) is 65.0 Å². The van der Waals surface area contributed by atoms with Crippen LogP contribution in [0.3, 0.4) is 0 Å². The second kappa shape index (κ2) is 5.34. The standard InChI is InChI=1S/C16H24/c1-6-15(16(3,4)5)14-12-10-8-7-9-11-13(14)2/h6-10H,11-12H2,1-5H3/b9-7-,10-8-,14-13?,15-6+. The summed E-state index contributed by atoms with van der Waals surface area (Å²) in [5, 5.41) is 0. The molecule has 0 aliphatic heterocycles. The Hall–Kier alpha value is -1.04. The Kier molecular flexibility index (Phi) is 4.35. The summed E-state index contributed by atoms with van der Waals surface area (Å²) in [7, 11) is 0. The third-order valence-electron chi connectivity index (χ3n) is 3.07. The van der Waals surface area contributed by atoms with E-state index < -0.39 is 0 Å². The van der Waals surface area contributed by atoms with Gasteiger partial charge in [0.25, 0.3) is 0 Å². The molecule has 0 heterocycles. The summed E-state index contributed by atoms with van der Waals surface area (Å²) in [6.07, 6.45) is 13.2. The monoisotopic (exact) mass is 216 g/mol. The predicted molar refractivity (Wildman–Crippen MR) is 73.4 cm³/mol. The fraction of sp³-hybridized carbons (Fsp3) is 0.500. The Labute approximate surface area is 100 Å². The zero-order valence-corrected chi connectivity index (χ0v) is 11.3. The van der Waals surface area contributed by atoms with E-state index in [4.69, 9.17) is 0 Å². The fourth-order valence-electron chi connectivity index (χ4n) is 2.29. The molecule has 0 aromatic heterocycles. The topological polar surface area (TPSA) is 0 Å². The van der Waals surface area contributed by atoms with E-state index in [1.54, 1.807) is 0 Å². The quantitative estimate of drug-likeness (QED) is 0.565. The Balaban J connectivity index is 3.14. The molecule has 16 heavy (non-hydrogen) atoms. The maximum atomic E-state index is 2.29. The van der Waals surface area contributed by atoms with E-state index in [1.165, 1.54) is 16.7 Å². The van der Waals surface area contributed by atoms with Crippen molar-refractivity contribution in [3.8, 4) is 0 Å². The first kappa shape index (κ1) is 13.0. The molecule has 0 radical (unpaired) electrons. The van der Waals surface area contributed by atoms with Crippen LogP contribution in [0.25, 0.3) is 0 Å². The minimum absolute atomic E-state index is 0.238. The van der Waals surface area contributed by atoms with Gasteiger partial charge in [-0.2, -0.15) is 0 Å². The number of hydrogen-bond donors (Lipinski definition) is 0. The molecule has 88 valence electrons. The summed E-state index contributed by atoms with van der Waals surface area (Å²) in [4.78, 5) is 0. The van der Waals surface area contributed by atoms with E-state index in [0.717, 1.165) is 12.8 Å². The first-order valence-corrected chi connectivity index (χ1v) is 6.14. The Morgan fingerprint density at radius 2 is 1.69 bits per heavy atom. The summed E-state index contributed by atoms with van der Waals surface area (Å²) in [6.45, 7) is 11.3. The van der Waals surface area contributed by atoms with Gasteiger partial charge in [-0.05, 0) is 43.3 Å². The lowest BCUT2D eigenvalue weighted by Crippen LogP contribution is -2.12. The maximum Gasteiger partial charge on any atom is -0.00919 e. The largest absolute Gasteiger partial charge is 0.0836 e. The van der Waals surface area contributed by atoms with Crippen LogP contribution in [-0.2, 0) is 0 Å². The molecule has 1 aliphatic carbocycles. The molecule has 0 aromatic carbocycles. The molecule has 0 saturated heterocycles. The summed E-state index contributed by atoms with van der Waals surface area (Å²) < 4.78 is 0. The average molecular weight is 216 g/mol. The SMILES string of the molecule is C/C=C(\C1=C(C)C/C=C\C=C/C1)C(C)(C)C. The molecule has 0 bridgehead atoms. The molecule has 0 saturated carbocycles. The fourth-order valence-corrected chi connectivity index (χ4v) is 2.29. The molecule has 0 atom stereocenters. The van der Waals surface area contributed by atoms with Crippen LogP contribution in [0.5, 0.6) is 0 Å². The van der Waals surface area contributed by atoms with Crippen LogP contribution < -0.4 is 0 Å². The van der Waals surface area contributed by atoms with Gasteiger partial charge < -0.3 is 0 Å². The van der Waals surface area contributed by atoms with Gasteiger partial charge in [0.1, 0.15) is 0 Å². The van der Waals surface area contributed by atoms with Gasteiger partial charge in [0, 0.05) is 0 Å². The van der Waals surface area contributed by atoms with Crippen molar-refractivity contribution >= 4 is 0 Å². The highest BCUT2D eigenvalue weighted by Gasteiger charge is 2.20. The Morgan fingerprint density at radius 1 is 1.12 bits per heavy atom. The van der Waals surface area contributed by atoms with E-state index in [1.807, 2.05) is 0 Å². The third-order valence-corrected chi connectivity index (χ3v) is 3.07. The van der Waals surface area contributed by atoms with Gasteiger partial charge in [0.2, 0.25) is 0 Å². The van der Waals surface area contributed by atoms with Crippen LogP contribution in [0.2, 0.25) is 0 Å². The van der Waals surface area contributed by atoms with Crippen LogP contribution >= 0.6 is 0 Å². The van der Waals surface area contributed by atoms with Crippen LogP contribution in [0.1, 0.15) is 47.5 Å². The highest BCUT2D eigenvalue weighted by atomic mass is 14.2. The van der Waals surface area contributed by atoms with Crippen LogP contribution in [0, 0.1) is 5.41 Å². The molecular weight excluding hydrogens is 192 g/mol. The average Bonchev–Trinajstić information content (AvgIpc) is 2.15. The van der Waals surface area contributed by atoms with Crippen molar-refractivity contribution < 1.29 is 0 Å². The van der Waals surface area contributed by atoms with Crippen LogP contribution in [0.15, 0.2) is 47.1 Å². The van der Waals surface area contributed by atoms with Gasteiger partial charge in [-0.1, -0.05) is 56.7 Å². The maximum absolute atomic E-state index is 2.29. The number of hydrogen-bond acceptors (Lipinski definition) is 0. The zero-order chi connectivity index (χ0) is 12.2. The summed E-state index contributed by atoms with van der Waals surface area (Å²) >= 11 is 0. The van der Waals surface area contributed by atoms with Gasteiger partial charge in [-0.3, -0.25) is 0 Å². The van der Waals surface area contributed by atoms with E-state index in [0.29, 0.717) is 0 Å². The molecule has 1 rings (SSSR count). The molecule has 0 fully saturated rings. The van der Waals surface area contributed by atoms with Crippen LogP contribution in [-0.4, -0.2) is 0 Å². The van der Waals surface area contributed by atoms with Crippen molar-refractivity contribution in [2.45, 2.75) is 47.5 Å². The van der Waals surface area contributed by atoms with E-state index in [-0.39, 0.29) is 5.41 Å². The van der Waals surface area contributed by atoms with E-state index >= 15 is 0 Å². The molecule has 0 spiro atoms. The second-order valence-electron chi connectivity index (χ2n) is 5.48. The third kappa shape index (κ3) is 3.23. The summed E-state index contributed by atoms with van der Waals surface area (Å²) in [5.74, 6) is 0. The van der Waals surface area contributed by atoms with Crippen molar-refractivity contribution in [1.29, 1.82) is 0 Å². The van der Waals surface area contributed by atoms with Gasteiger partial charge in [-0.25, -0.2) is 0 Å². The highest BCUT2D eigenvalue weighted by molar-refractivity contribution is 5.41. The predicted octanol–water partition coefficient (Wildman–Crippen LogP) is 5.20. The number of rotatable bonds is 1. The van der Waals surface area contributed by atoms with Crippen molar-refractivity contribution in [3.63, 3.8) is 0 Å². The molecule has 0 unspecified atom stereocenters. The molecule has 0 aromatic rings. The van der Waals surface area contributed by atoms with E-state index in [9.17, 15) is 0 Å². The molecular formula is C16H24. The molecule has 0 nitrogen and oxygen atoms in total. The summed E-state index contributed by atoms with van der Waals surface area (Å²) in [5.41, 5.74) is 4.76. The lowest BCUT2D eigenvalue weighted by Gasteiger charge is -2.27. The van der Waals surface area contributed by atoms with Crippen molar-refractivity contribution in [3.05, 3.63) is 47.1 Å². The van der Waals surface area contributed by atoms with Gasteiger partial charge in [-0.15, -0.1) is 0 Å². The van der Waals surface area contributed by atoms with Crippen molar-refractivity contribution in [2.75, 3.05) is 0 Å². The van der Waals surface area contributed by atoms with Crippen molar-refractivity contribution in [1.82, 2.24) is 0 Å². The Bertz CT molecular complexity index is 354. The normalized spacial score (nSPS) is 22.7. The molecule has 0 N–H and O–H groups in total. The minimum Gasteiger partial charge on any atom is -0.0836 e. The lowest BCUT2D eigenvalue weighted by molar-refractivity contribution is 0.506. The Morgan fingerprint density at radius 3 is 2.19 bits per heavy atom. The van der Waals surface area contributed by atoms with Gasteiger partial charge in [0.05, 0.1) is 0 Å². The highest BCUT2D eigenvalue weighted by Crippen LogP contribution is 2.35. The zero-order valence-electron chi connectivity index (χ0n) is 11.3. The molecule has 1 aliphatic rings. The van der Waals surface area contributed by atoms with Crippen LogP contribution in [0.4, 0.5) is 0 Å². The van der Waals surface area contributed by atoms with Gasteiger partial charge >= 0.3 is 0 Å². The van der Waals surface area contributed by atoms with Crippen molar-refractivity contribution in [2.24, 2.45) is 5.41 Å². The lowest BCUT2D eigenvalue weighted by atomic mass is 9.78. The smallest absolute Gasteiger partial charge is 0.00919 e. The molecule has 0 amide bonds. The first-order valence-electron chi connectivity index (χ1n) is 6.14. The first-order chi connectivity index (χ1) is 7.46.